The number of benzene rings is 3. The van der Waals surface area contributed by atoms with Crippen molar-refractivity contribution in [3.05, 3.63) is 90.3 Å². The smallest absolute Gasteiger partial charge is 0.408 e. The van der Waals surface area contributed by atoms with Gasteiger partial charge in [0.2, 0.25) is 17.7 Å². The molecule has 3 aromatic carbocycles. The number of nitrogens with one attached hydrogen (secondary N) is 3. The number of hydrogen-bond donors (Lipinski definition) is 6. The van der Waals surface area contributed by atoms with Gasteiger partial charge in [-0.05, 0) is 53.6 Å². The minimum atomic E-state index is -1.27. The summed E-state index contributed by atoms with van der Waals surface area (Å²) in [5.41, 5.74) is 8.07. The summed E-state index contributed by atoms with van der Waals surface area (Å²) in [4.78, 5) is 57.0. The van der Waals surface area contributed by atoms with Crippen molar-refractivity contribution in [3.8, 4) is 0 Å². The monoisotopic (exact) mass is 744 g/mol. The second-order valence-corrected chi connectivity index (χ2v) is 14.5. The van der Waals surface area contributed by atoms with Crippen LogP contribution < -0.4 is 26.6 Å². The van der Waals surface area contributed by atoms with Gasteiger partial charge in [0.05, 0.1) is 37.3 Å². The van der Waals surface area contributed by atoms with Crippen molar-refractivity contribution in [2.45, 2.75) is 97.2 Å². The first-order chi connectivity index (χ1) is 25.8. The van der Waals surface area contributed by atoms with Crippen molar-refractivity contribution < 1.29 is 34.1 Å². The number of fused-ring (bicyclic) bond motifs is 1. The molecule has 0 unspecified atom stereocenters. The molecule has 0 aromatic heterocycles. The number of aliphatic hydroxyl groups is 2. The predicted octanol–water partition coefficient (Wildman–Crippen LogP) is 4.12. The standard InChI is InChI=1S/C41H56N6O7/c1-6-27(4)36(23-48)43-38(50)21-37(49)34(18-26(2)3)44-39(51)35(45-41(53)54-24-29-12-8-7-9-13-29)20-33-22-46(40(52)28(5)42)25-47(33)32-17-16-30-14-10-11-15-31(30)19-32/h7-17,19,22,26-28,34-37,48-49H,6,18,20-21,23-25,42H2,1-5H3,(H,43,50)(H,44,51)(H,45,53)/t27-,28-,34-,35-,36+,37-/m0/s1. The van der Waals surface area contributed by atoms with Gasteiger partial charge in [0.1, 0.15) is 19.3 Å². The average Bonchev–Trinajstić information content (AvgIpc) is 3.58. The zero-order valence-corrected chi connectivity index (χ0v) is 31.9. The molecule has 1 aliphatic rings. The maximum atomic E-state index is 14.2. The van der Waals surface area contributed by atoms with E-state index in [1.165, 1.54) is 4.90 Å². The summed E-state index contributed by atoms with van der Waals surface area (Å²) in [6.45, 7) is 9.21. The average molecular weight is 745 g/mol. The first kappa shape index (κ1) is 41.8. The van der Waals surface area contributed by atoms with Crippen molar-refractivity contribution in [2.75, 3.05) is 18.2 Å². The second-order valence-electron chi connectivity index (χ2n) is 14.5. The molecule has 0 saturated carbocycles. The van der Waals surface area contributed by atoms with Crippen LogP contribution in [0.4, 0.5) is 10.5 Å². The lowest BCUT2D eigenvalue weighted by Gasteiger charge is -2.30. The summed E-state index contributed by atoms with van der Waals surface area (Å²) in [5, 5.41) is 31.6. The number of alkyl carbamates (subject to hydrolysis) is 1. The summed E-state index contributed by atoms with van der Waals surface area (Å²) >= 11 is 0. The normalized spacial score (nSPS) is 16.2. The maximum absolute atomic E-state index is 14.2. The topological polar surface area (TPSA) is 187 Å². The van der Waals surface area contributed by atoms with Crippen LogP contribution in [-0.4, -0.2) is 82.5 Å². The Hall–Kier alpha value is -4.98. The first-order valence-electron chi connectivity index (χ1n) is 18.7. The molecule has 0 saturated heterocycles. The van der Waals surface area contributed by atoms with E-state index in [4.69, 9.17) is 10.5 Å². The Labute approximate surface area is 317 Å². The molecule has 4 amide bonds. The minimum absolute atomic E-state index is 0.0223. The Balaban J connectivity index is 1.62. The lowest BCUT2D eigenvalue weighted by atomic mass is 9.95. The zero-order chi connectivity index (χ0) is 39.4. The highest BCUT2D eigenvalue weighted by Gasteiger charge is 2.34. The fourth-order valence-corrected chi connectivity index (χ4v) is 6.36. The van der Waals surface area contributed by atoms with Crippen molar-refractivity contribution >= 4 is 40.3 Å². The minimum Gasteiger partial charge on any atom is -0.445 e. The molecule has 4 rings (SSSR count). The second kappa shape index (κ2) is 19.9. The molecular weight excluding hydrogens is 688 g/mol. The van der Waals surface area contributed by atoms with Crippen LogP contribution in [0.25, 0.3) is 10.8 Å². The van der Waals surface area contributed by atoms with E-state index >= 15 is 0 Å². The number of hydrogen-bond acceptors (Lipinski definition) is 9. The van der Waals surface area contributed by atoms with E-state index in [1.54, 1.807) is 13.1 Å². The van der Waals surface area contributed by atoms with Gasteiger partial charge in [0.25, 0.3) is 0 Å². The Bertz CT molecular complexity index is 1750. The van der Waals surface area contributed by atoms with Crippen LogP contribution in [-0.2, 0) is 25.7 Å². The van der Waals surface area contributed by atoms with E-state index in [9.17, 15) is 29.4 Å². The molecule has 1 heterocycles. The van der Waals surface area contributed by atoms with Crippen molar-refractivity contribution in [1.29, 1.82) is 0 Å². The van der Waals surface area contributed by atoms with Crippen LogP contribution in [0.15, 0.2) is 84.7 Å². The van der Waals surface area contributed by atoms with E-state index in [-0.39, 0.29) is 50.5 Å². The van der Waals surface area contributed by atoms with Gasteiger partial charge in [0.15, 0.2) is 0 Å². The molecule has 54 heavy (non-hydrogen) atoms. The van der Waals surface area contributed by atoms with Gasteiger partial charge < -0.3 is 41.5 Å². The molecule has 0 bridgehead atoms. The molecule has 0 fully saturated rings. The van der Waals surface area contributed by atoms with Crippen LogP contribution in [0.5, 0.6) is 0 Å². The molecule has 13 heteroatoms. The maximum Gasteiger partial charge on any atom is 0.408 e. The van der Waals surface area contributed by atoms with Crippen molar-refractivity contribution in [1.82, 2.24) is 20.9 Å². The quantitative estimate of drug-likeness (QED) is 0.111. The Morgan fingerprint density at radius 1 is 0.889 bits per heavy atom. The molecule has 3 aromatic rings. The highest BCUT2D eigenvalue weighted by Crippen LogP contribution is 2.31. The number of nitrogens with two attached hydrogens (primary N) is 1. The summed E-state index contributed by atoms with van der Waals surface area (Å²) < 4.78 is 5.50. The Morgan fingerprint density at radius 2 is 1.57 bits per heavy atom. The number of amides is 4. The summed E-state index contributed by atoms with van der Waals surface area (Å²) in [7, 11) is 0. The molecular formula is C41H56N6O7. The van der Waals surface area contributed by atoms with Crippen molar-refractivity contribution in [3.63, 3.8) is 0 Å². The summed E-state index contributed by atoms with van der Waals surface area (Å²) in [6.07, 6.45) is 0.252. The number of aliphatic hydroxyl groups excluding tert-OH is 2. The predicted molar refractivity (Wildman–Crippen MR) is 209 cm³/mol. The van der Waals surface area contributed by atoms with Crippen LogP contribution >= 0.6 is 0 Å². The SMILES string of the molecule is CC[C@H](C)[C@@H](CO)NC(=O)C[C@H](O)[C@H](CC(C)C)NC(=O)[C@H](CC1=CN(C(=O)[C@H](C)N)CN1c1ccc2ccccc2c1)NC(=O)OCc1ccccc1. The van der Waals surface area contributed by atoms with Gasteiger partial charge in [-0.1, -0.05) is 94.8 Å². The van der Waals surface area contributed by atoms with Crippen LogP contribution in [0.2, 0.25) is 0 Å². The van der Waals surface area contributed by atoms with Crippen LogP contribution in [0.1, 0.15) is 65.9 Å². The Kier molecular flexibility index (Phi) is 15.4. The van der Waals surface area contributed by atoms with Crippen LogP contribution in [0, 0.1) is 11.8 Å². The molecule has 1 aliphatic heterocycles. The summed E-state index contributed by atoms with van der Waals surface area (Å²) in [6, 6.07) is 19.6. The Morgan fingerprint density at radius 3 is 2.22 bits per heavy atom. The van der Waals surface area contributed by atoms with Crippen LogP contribution in [0.3, 0.4) is 0 Å². The highest BCUT2D eigenvalue weighted by atomic mass is 16.5. The number of nitrogens with zero attached hydrogens (tertiary/aromatic N) is 2. The van der Waals surface area contributed by atoms with Gasteiger partial charge in [0, 0.05) is 24.0 Å². The largest absolute Gasteiger partial charge is 0.445 e. The highest BCUT2D eigenvalue weighted by molar-refractivity contribution is 5.89. The number of rotatable bonds is 18. The number of carbonyl (C=O) groups excluding carboxylic acids is 4. The first-order valence-corrected chi connectivity index (χ1v) is 18.7. The third-order valence-electron chi connectivity index (χ3n) is 9.68. The lowest BCUT2D eigenvalue weighted by Crippen LogP contribution is -2.54. The van der Waals surface area contributed by atoms with Gasteiger partial charge in [-0.15, -0.1) is 0 Å². The zero-order valence-electron chi connectivity index (χ0n) is 31.9. The van der Waals surface area contributed by atoms with E-state index in [2.05, 4.69) is 16.0 Å². The molecule has 13 nitrogen and oxygen atoms in total. The third-order valence-corrected chi connectivity index (χ3v) is 9.68. The van der Waals surface area contributed by atoms with E-state index in [1.807, 2.05) is 105 Å². The lowest BCUT2D eigenvalue weighted by molar-refractivity contribution is -0.129. The molecule has 6 atom stereocenters. The van der Waals surface area contributed by atoms with E-state index < -0.39 is 48.2 Å². The number of carbonyl (C=O) groups is 4. The fourth-order valence-electron chi connectivity index (χ4n) is 6.36. The van der Waals surface area contributed by atoms with E-state index in [0.29, 0.717) is 12.1 Å². The molecule has 0 radical (unpaired) electrons. The van der Waals surface area contributed by atoms with E-state index in [0.717, 1.165) is 28.4 Å². The third kappa shape index (κ3) is 11.8. The molecule has 0 spiro atoms. The van der Waals surface area contributed by atoms with Crippen molar-refractivity contribution in [2.24, 2.45) is 17.6 Å². The molecule has 292 valence electrons. The van der Waals surface area contributed by atoms with Gasteiger partial charge >= 0.3 is 6.09 Å². The van der Waals surface area contributed by atoms with Gasteiger partial charge in [-0.2, -0.15) is 0 Å². The number of ether oxygens (including phenoxy) is 1. The van der Waals surface area contributed by atoms with Gasteiger partial charge in [-0.3, -0.25) is 19.3 Å². The summed E-state index contributed by atoms with van der Waals surface area (Å²) in [5.74, 6) is -1.33. The van der Waals surface area contributed by atoms with Gasteiger partial charge in [-0.25, -0.2) is 4.79 Å². The molecule has 0 aliphatic carbocycles. The number of anilines is 1. The fraction of sp³-hybridized carbons (Fsp3) is 0.463. The molecule has 7 N–H and O–H groups in total.